The number of aliphatic hydroxyl groups is 2. The Morgan fingerprint density at radius 3 is 1.90 bits per heavy atom. The summed E-state index contributed by atoms with van der Waals surface area (Å²) in [5.74, 6) is 0. The molecule has 1 heterocycles. The van der Waals surface area contributed by atoms with Crippen molar-refractivity contribution in [3.8, 4) is 0 Å². The van der Waals surface area contributed by atoms with E-state index in [1.165, 1.54) is 0 Å². The van der Waals surface area contributed by atoms with E-state index in [0.717, 1.165) is 30.2 Å². The zero-order chi connectivity index (χ0) is 12.3. The van der Waals surface area contributed by atoms with Crippen LogP contribution in [-0.2, 0) is 0 Å². The number of halogens is 3. The highest BCUT2D eigenvalue weighted by atomic mass is 35.5. The lowest BCUT2D eigenvalue weighted by molar-refractivity contribution is 0.296. The molecule has 1 aromatic rings. The van der Waals surface area contributed by atoms with E-state index >= 15 is 0 Å². The number of hydrogen-bond donors (Lipinski definition) is 3. The summed E-state index contributed by atoms with van der Waals surface area (Å²) in [5, 5.41) is 18.1. The number of anilines is 3. The number of hydrogen-bond acceptors (Lipinski definition) is 5. The molecule has 0 fully saturated rings. The highest BCUT2D eigenvalue weighted by Gasteiger charge is 2.21. The summed E-state index contributed by atoms with van der Waals surface area (Å²) in [5.41, 5.74) is 8.64. The van der Waals surface area contributed by atoms with Crippen molar-refractivity contribution in [2.45, 2.75) is 0 Å². The first-order valence-corrected chi connectivity index (χ1v) is 5.87. The van der Waals surface area contributed by atoms with Crippen molar-refractivity contribution in [1.82, 2.24) is 0 Å². The lowest BCUT2D eigenvalue weighted by Crippen LogP contribution is -2.43. The number of fused-ring (bicyclic) bond motifs is 1. The van der Waals surface area contributed by atoms with Crippen molar-refractivity contribution in [3.05, 3.63) is 18.2 Å². The Morgan fingerprint density at radius 1 is 0.900 bits per heavy atom. The van der Waals surface area contributed by atoms with Gasteiger partial charge in [-0.15, -0.1) is 37.2 Å². The number of nitrogens with two attached hydrogens (primary N) is 1. The molecule has 2 rings (SSSR count). The fourth-order valence-corrected chi connectivity index (χ4v) is 2.25. The first-order chi connectivity index (χ1) is 8.26. The summed E-state index contributed by atoms with van der Waals surface area (Å²) in [4.78, 5) is 4.27. The van der Waals surface area contributed by atoms with Gasteiger partial charge in [-0.05, 0) is 18.2 Å². The van der Waals surface area contributed by atoms with E-state index in [9.17, 15) is 0 Å². The van der Waals surface area contributed by atoms with Gasteiger partial charge in [-0.25, -0.2) is 0 Å². The van der Waals surface area contributed by atoms with Crippen molar-refractivity contribution in [2.75, 3.05) is 54.9 Å². The third-order valence-electron chi connectivity index (χ3n) is 3.06. The Bertz CT molecular complexity index is 396. The number of nitrogens with zero attached hydrogens (tertiary/aromatic N) is 2. The van der Waals surface area contributed by atoms with Crippen molar-refractivity contribution in [3.63, 3.8) is 0 Å². The summed E-state index contributed by atoms with van der Waals surface area (Å²) in [6, 6.07) is 5.77. The van der Waals surface area contributed by atoms with E-state index in [1.807, 2.05) is 18.2 Å². The zero-order valence-electron chi connectivity index (χ0n) is 11.1. The minimum atomic E-state index is 0. The van der Waals surface area contributed by atoms with Crippen LogP contribution in [0.1, 0.15) is 0 Å². The van der Waals surface area contributed by atoms with Gasteiger partial charge in [0.2, 0.25) is 0 Å². The van der Waals surface area contributed by atoms with Gasteiger partial charge in [-0.3, -0.25) is 0 Å². The molecule has 0 atom stereocenters. The molecule has 0 amide bonds. The van der Waals surface area contributed by atoms with Crippen LogP contribution in [-0.4, -0.2) is 49.6 Å². The summed E-state index contributed by atoms with van der Waals surface area (Å²) in [6.07, 6.45) is 0. The number of nitrogen functional groups attached to an aromatic ring is 1. The van der Waals surface area contributed by atoms with Crippen molar-refractivity contribution < 1.29 is 10.2 Å². The van der Waals surface area contributed by atoms with E-state index in [1.54, 1.807) is 0 Å². The third-order valence-corrected chi connectivity index (χ3v) is 3.06. The Hall–Kier alpha value is -0.590. The summed E-state index contributed by atoms with van der Waals surface area (Å²) in [6.45, 7) is 3.22. The molecular weight excluding hydrogens is 325 g/mol. The van der Waals surface area contributed by atoms with Gasteiger partial charge in [0.05, 0.1) is 24.6 Å². The summed E-state index contributed by atoms with van der Waals surface area (Å²) in [7, 11) is 0. The Kier molecular flexibility index (Phi) is 11.0. The van der Waals surface area contributed by atoms with Gasteiger partial charge in [0.1, 0.15) is 0 Å². The molecule has 1 aliphatic rings. The first-order valence-electron chi connectivity index (χ1n) is 5.87. The fourth-order valence-electron chi connectivity index (χ4n) is 2.25. The van der Waals surface area contributed by atoms with Gasteiger partial charge in [-0.1, -0.05) is 0 Å². The monoisotopic (exact) mass is 345 g/mol. The maximum absolute atomic E-state index is 9.06. The summed E-state index contributed by atoms with van der Waals surface area (Å²) >= 11 is 0. The fraction of sp³-hybridized carbons (Fsp3) is 0.500. The molecule has 0 aliphatic carbocycles. The maximum atomic E-state index is 9.06. The van der Waals surface area contributed by atoms with Gasteiger partial charge < -0.3 is 25.7 Å². The average molecular weight is 347 g/mol. The van der Waals surface area contributed by atoms with Crippen LogP contribution in [0, 0.1) is 0 Å². The van der Waals surface area contributed by atoms with Crippen molar-refractivity contribution in [2.24, 2.45) is 0 Å². The molecule has 0 saturated carbocycles. The topological polar surface area (TPSA) is 73.0 Å². The van der Waals surface area contributed by atoms with E-state index < -0.39 is 0 Å². The highest BCUT2D eigenvalue weighted by molar-refractivity contribution is 5.86. The second-order valence-electron chi connectivity index (χ2n) is 4.17. The van der Waals surface area contributed by atoms with E-state index in [4.69, 9.17) is 15.9 Å². The molecule has 0 bridgehead atoms. The van der Waals surface area contributed by atoms with Gasteiger partial charge in [0.15, 0.2) is 0 Å². The molecule has 0 spiro atoms. The molecule has 0 radical (unpaired) electrons. The van der Waals surface area contributed by atoms with Crippen LogP contribution >= 0.6 is 37.2 Å². The summed E-state index contributed by atoms with van der Waals surface area (Å²) < 4.78 is 0. The molecule has 1 aromatic carbocycles. The largest absolute Gasteiger partial charge is 0.399 e. The van der Waals surface area contributed by atoms with Crippen LogP contribution in [0.5, 0.6) is 0 Å². The maximum Gasteiger partial charge on any atom is 0.0626 e. The van der Waals surface area contributed by atoms with Crippen LogP contribution in [0.4, 0.5) is 17.1 Å². The van der Waals surface area contributed by atoms with Gasteiger partial charge in [-0.2, -0.15) is 0 Å². The van der Waals surface area contributed by atoms with Crippen LogP contribution < -0.4 is 15.5 Å². The zero-order valence-corrected chi connectivity index (χ0v) is 13.5. The quantitative estimate of drug-likeness (QED) is 0.713. The molecule has 5 nitrogen and oxygen atoms in total. The smallest absolute Gasteiger partial charge is 0.0626 e. The predicted octanol–water partition coefficient (Wildman–Crippen LogP) is 1.15. The molecule has 118 valence electrons. The Labute approximate surface area is 138 Å². The molecule has 4 N–H and O–H groups in total. The van der Waals surface area contributed by atoms with E-state index in [-0.39, 0.29) is 50.4 Å². The number of aliphatic hydroxyl groups excluding tert-OH is 2. The minimum absolute atomic E-state index is 0. The van der Waals surface area contributed by atoms with Crippen molar-refractivity contribution >= 4 is 54.3 Å². The van der Waals surface area contributed by atoms with Crippen LogP contribution in [0.25, 0.3) is 0 Å². The minimum Gasteiger partial charge on any atom is -0.399 e. The SMILES string of the molecule is Cl.Cl.Cl.Nc1ccc2c(c1)N(CCO)CCN2CCO. The normalized spacial score (nSPS) is 12.7. The second-order valence-corrected chi connectivity index (χ2v) is 4.17. The third kappa shape index (κ3) is 4.75. The van der Waals surface area contributed by atoms with Gasteiger partial charge >= 0.3 is 0 Å². The van der Waals surface area contributed by atoms with Gasteiger partial charge in [0, 0.05) is 31.9 Å². The predicted molar refractivity (Wildman–Crippen MR) is 91.2 cm³/mol. The lowest BCUT2D eigenvalue weighted by atomic mass is 10.1. The number of benzene rings is 1. The van der Waals surface area contributed by atoms with Crippen molar-refractivity contribution in [1.29, 1.82) is 0 Å². The average Bonchev–Trinajstić information content (AvgIpc) is 2.32. The molecule has 0 saturated heterocycles. The van der Waals surface area contributed by atoms with E-state index in [0.29, 0.717) is 13.1 Å². The molecule has 1 aliphatic heterocycles. The standard InChI is InChI=1S/C12H19N3O2.3ClH/c13-10-1-2-11-12(9-10)15(6-8-17)4-3-14(11)5-7-16;;;/h1-2,9,16-17H,3-8,13H2;3*1H. The number of rotatable bonds is 4. The molecule has 0 aromatic heterocycles. The van der Waals surface area contributed by atoms with Crippen LogP contribution in [0.2, 0.25) is 0 Å². The molecule has 8 heteroatoms. The highest BCUT2D eigenvalue weighted by Crippen LogP contribution is 2.34. The first kappa shape index (κ1) is 21.7. The van der Waals surface area contributed by atoms with E-state index in [2.05, 4.69) is 9.80 Å². The Balaban J connectivity index is 0. The second kappa shape index (κ2) is 10.2. The number of β-amino-alcohol motifs (C(OH)–C–C–N with tert-alkyl or cyclic N) is 2. The van der Waals surface area contributed by atoms with Gasteiger partial charge in [0.25, 0.3) is 0 Å². The van der Waals surface area contributed by atoms with Crippen LogP contribution in [0.15, 0.2) is 18.2 Å². The molecule has 20 heavy (non-hydrogen) atoms. The molecule has 0 unspecified atom stereocenters. The van der Waals surface area contributed by atoms with Crippen LogP contribution in [0.3, 0.4) is 0 Å². The Morgan fingerprint density at radius 2 is 1.40 bits per heavy atom. The lowest BCUT2D eigenvalue weighted by Gasteiger charge is -2.38. The molecular formula is C12H22Cl3N3O2.